The van der Waals surface area contributed by atoms with Crippen molar-refractivity contribution in [2.75, 3.05) is 0 Å². The summed E-state index contributed by atoms with van der Waals surface area (Å²) in [7, 11) is 0. The molecule has 7 nitrogen and oxygen atoms in total. The van der Waals surface area contributed by atoms with Gasteiger partial charge in [-0.2, -0.15) is 5.10 Å². The van der Waals surface area contributed by atoms with Gasteiger partial charge in [-0.25, -0.2) is 4.39 Å². The molecule has 0 amide bonds. The zero-order valence-electron chi connectivity index (χ0n) is 13.6. The zero-order chi connectivity index (χ0) is 17.2. The van der Waals surface area contributed by atoms with Crippen LogP contribution in [-0.4, -0.2) is 25.4 Å². The highest BCUT2D eigenvalue weighted by molar-refractivity contribution is 5.50. The van der Waals surface area contributed by atoms with Crippen LogP contribution in [0.4, 0.5) is 4.39 Å². The first kappa shape index (κ1) is 15.6. The minimum absolute atomic E-state index is 0.0457. The van der Waals surface area contributed by atoms with Gasteiger partial charge in [0.25, 0.3) is 5.89 Å². The fourth-order valence-electron chi connectivity index (χ4n) is 2.30. The van der Waals surface area contributed by atoms with Gasteiger partial charge in [-0.1, -0.05) is 0 Å². The van der Waals surface area contributed by atoms with Gasteiger partial charge >= 0.3 is 0 Å². The van der Waals surface area contributed by atoms with Gasteiger partial charge in [-0.05, 0) is 38.0 Å². The van der Waals surface area contributed by atoms with Crippen molar-refractivity contribution < 1.29 is 13.5 Å². The Bertz CT molecular complexity index is 844. The average molecular weight is 341 g/mol. The highest BCUT2D eigenvalue weighted by Gasteiger charge is 2.25. The second-order valence-corrected chi connectivity index (χ2v) is 5.96. The van der Waals surface area contributed by atoms with Gasteiger partial charge in [0.05, 0.1) is 17.0 Å². The lowest BCUT2D eigenvalue weighted by molar-refractivity contribution is 0.285. The van der Waals surface area contributed by atoms with Crippen LogP contribution in [0, 0.1) is 0 Å². The number of rotatable bonds is 6. The second-order valence-electron chi connectivity index (χ2n) is 5.96. The molecule has 0 aliphatic heterocycles. The van der Waals surface area contributed by atoms with E-state index in [-0.39, 0.29) is 18.4 Å². The molecule has 1 saturated carbocycles. The Kier molecular flexibility index (Phi) is 4.09. The first-order valence-corrected chi connectivity index (χ1v) is 8.08. The van der Waals surface area contributed by atoms with Crippen molar-refractivity contribution in [1.29, 1.82) is 0 Å². The fourth-order valence-corrected chi connectivity index (χ4v) is 2.30. The first-order valence-electron chi connectivity index (χ1n) is 8.08. The van der Waals surface area contributed by atoms with Gasteiger partial charge in [0.1, 0.15) is 6.61 Å². The van der Waals surface area contributed by atoms with E-state index < -0.39 is 6.17 Å². The molecule has 0 aromatic carbocycles. The molecule has 0 N–H and O–H groups in total. The standard InChI is InChI=1S/C17H16FN5O2/c1-10(18)16-22-23-17(25-16)12-4-5-13(19-8-12)9-24-15-7-6-14(20-21-15)11-2-3-11/h4-8,10-11H,2-3,9H2,1H3. The smallest absolute Gasteiger partial charge is 0.250 e. The van der Waals surface area contributed by atoms with Crippen LogP contribution >= 0.6 is 0 Å². The lowest BCUT2D eigenvalue weighted by Crippen LogP contribution is -2.01. The Labute approximate surface area is 143 Å². The highest BCUT2D eigenvalue weighted by atomic mass is 19.1. The summed E-state index contributed by atoms with van der Waals surface area (Å²) in [5.41, 5.74) is 2.36. The molecule has 8 heteroatoms. The summed E-state index contributed by atoms with van der Waals surface area (Å²) in [6.45, 7) is 1.62. The summed E-state index contributed by atoms with van der Waals surface area (Å²) in [5, 5.41) is 15.7. The van der Waals surface area contributed by atoms with Crippen molar-refractivity contribution in [2.45, 2.75) is 38.5 Å². The molecule has 1 aliphatic carbocycles. The van der Waals surface area contributed by atoms with Crippen LogP contribution in [0.1, 0.15) is 49.1 Å². The van der Waals surface area contributed by atoms with E-state index in [0.717, 1.165) is 11.4 Å². The molecule has 0 bridgehead atoms. The normalized spacial score (nSPS) is 15.1. The maximum Gasteiger partial charge on any atom is 0.250 e. The summed E-state index contributed by atoms with van der Waals surface area (Å²) in [5.74, 6) is 1.23. The predicted molar refractivity (Wildman–Crippen MR) is 85.4 cm³/mol. The largest absolute Gasteiger partial charge is 0.470 e. The van der Waals surface area contributed by atoms with E-state index in [1.54, 1.807) is 18.3 Å². The van der Waals surface area contributed by atoms with Crippen LogP contribution in [0.15, 0.2) is 34.9 Å². The molecule has 1 atom stereocenters. The molecule has 3 aromatic rings. The molecule has 0 saturated heterocycles. The number of alkyl halides is 1. The van der Waals surface area contributed by atoms with Crippen LogP contribution in [0.3, 0.4) is 0 Å². The van der Waals surface area contributed by atoms with Gasteiger partial charge in [0.2, 0.25) is 11.8 Å². The quantitative estimate of drug-likeness (QED) is 0.679. The monoisotopic (exact) mass is 341 g/mol. The molecular weight excluding hydrogens is 325 g/mol. The van der Waals surface area contributed by atoms with Gasteiger partial charge < -0.3 is 9.15 Å². The molecule has 1 unspecified atom stereocenters. The van der Waals surface area contributed by atoms with E-state index in [4.69, 9.17) is 9.15 Å². The minimum atomic E-state index is -1.30. The number of hydrogen-bond acceptors (Lipinski definition) is 7. The number of hydrogen-bond donors (Lipinski definition) is 0. The van der Waals surface area contributed by atoms with Crippen LogP contribution in [0.25, 0.3) is 11.5 Å². The van der Waals surface area contributed by atoms with Crippen molar-refractivity contribution in [1.82, 2.24) is 25.4 Å². The van der Waals surface area contributed by atoms with E-state index in [1.807, 2.05) is 12.1 Å². The molecule has 3 heterocycles. The van der Waals surface area contributed by atoms with Gasteiger partial charge in [0, 0.05) is 18.2 Å². The average Bonchev–Trinajstić information content (AvgIpc) is 3.37. The maximum absolute atomic E-state index is 13.1. The molecule has 128 valence electrons. The third-order valence-corrected chi connectivity index (χ3v) is 3.88. The topological polar surface area (TPSA) is 86.8 Å². The van der Waals surface area contributed by atoms with Gasteiger partial charge in [-0.3, -0.25) is 4.98 Å². The lowest BCUT2D eigenvalue weighted by Gasteiger charge is -2.05. The lowest BCUT2D eigenvalue weighted by atomic mass is 10.2. The van der Waals surface area contributed by atoms with E-state index >= 15 is 0 Å². The van der Waals surface area contributed by atoms with Crippen molar-refractivity contribution >= 4 is 0 Å². The molecular formula is C17H16FN5O2. The predicted octanol–water partition coefficient (Wildman–Crippen LogP) is 3.41. The molecule has 0 radical (unpaired) electrons. The number of nitrogens with zero attached hydrogens (tertiary/aromatic N) is 5. The second kappa shape index (κ2) is 6.54. The van der Waals surface area contributed by atoms with Crippen LogP contribution in [0.5, 0.6) is 5.88 Å². The third-order valence-electron chi connectivity index (χ3n) is 3.88. The molecule has 3 aromatic heterocycles. The van der Waals surface area contributed by atoms with Crippen molar-refractivity contribution in [2.24, 2.45) is 0 Å². The van der Waals surface area contributed by atoms with E-state index in [9.17, 15) is 4.39 Å². The molecule has 25 heavy (non-hydrogen) atoms. The highest BCUT2D eigenvalue weighted by Crippen LogP contribution is 2.38. The minimum Gasteiger partial charge on any atom is -0.470 e. The number of halogens is 1. The van der Waals surface area contributed by atoms with Crippen LogP contribution in [-0.2, 0) is 6.61 Å². The van der Waals surface area contributed by atoms with Crippen molar-refractivity contribution in [3.8, 4) is 17.3 Å². The van der Waals surface area contributed by atoms with Gasteiger partial charge in [-0.15, -0.1) is 15.3 Å². The Morgan fingerprint density at radius 3 is 2.64 bits per heavy atom. The number of aromatic nitrogens is 5. The zero-order valence-corrected chi connectivity index (χ0v) is 13.6. The van der Waals surface area contributed by atoms with Crippen molar-refractivity contribution in [3.05, 3.63) is 47.7 Å². The molecule has 1 fully saturated rings. The van der Waals surface area contributed by atoms with Crippen LogP contribution in [0.2, 0.25) is 0 Å². The fraction of sp³-hybridized carbons (Fsp3) is 0.353. The summed E-state index contributed by atoms with van der Waals surface area (Å²) >= 11 is 0. The summed E-state index contributed by atoms with van der Waals surface area (Å²) in [6.07, 6.45) is 2.67. The third kappa shape index (κ3) is 3.62. The Morgan fingerprint density at radius 2 is 2.04 bits per heavy atom. The Balaban J connectivity index is 1.38. The van der Waals surface area contributed by atoms with E-state index in [2.05, 4.69) is 25.4 Å². The van der Waals surface area contributed by atoms with E-state index in [0.29, 0.717) is 17.4 Å². The maximum atomic E-state index is 13.1. The Hall–Kier alpha value is -2.90. The molecule has 0 spiro atoms. The Morgan fingerprint density at radius 1 is 1.16 bits per heavy atom. The number of pyridine rings is 1. The van der Waals surface area contributed by atoms with Crippen molar-refractivity contribution in [3.63, 3.8) is 0 Å². The van der Waals surface area contributed by atoms with Gasteiger partial charge in [0.15, 0.2) is 6.17 Å². The summed E-state index contributed by atoms with van der Waals surface area (Å²) < 4.78 is 24.0. The van der Waals surface area contributed by atoms with Crippen LogP contribution < -0.4 is 4.74 Å². The number of ether oxygens (including phenoxy) is 1. The SMILES string of the molecule is CC(F)c1nnc(-c2ccc(COc3ccc(C4CC4)nn3)nc2)o1. The summed E-state index contributed by atoms with van der Waals surface area (Å²) in [6, 6.07) is 7.33. The summed E-state index contributed by atoms with van der Waals surface area (Å²) in [4.78, 5) is 4.29. The first-order chi connectivity index (χ1) is 12.2. The van der Waals surface area contributed by atoms with E-state index in [1.165, 1.54) is 19.8 Å². The molecule has 1 aliphatic rings. The molecule has 4 rings (SSSR count).